The molecule has 3 heterocycles. The number of rotatable bonds is 13. The first-order valence-electron chi connectivity index (χ1n) is 14.8. The van der Waals surface area contributed by atoms with Gasteiger partial charge in [-0.1, -0.05) is 51.6 Å². The monoisotopic (exact) mass is 639 g/mol. The molecule has 0 aliphatic carbocycles. The van der Waals surface area contributed by atoms with Crippen LogP contribution < -0.4 is 0 Å². The molecule has 0 radical (unpaired) electrons. The number of thiazole rings is 1. The van der Waals surface area contributed by atoms with Crippen molar-refractivity contribution < 1.29 is 23.7 Å². The molecule has 2 aromatic carbocycles. The van der Waals surface area contributed by atoms with Crippen LogP contribution in [0, 0.1) is 22.0 Å². The van der Waals surface area contributed by atoms with E-state index in [9.17, 15) is 19.7 Å². The molecule has 9 nitrogen and oxygen atoms in total. The predicted molar refractivity (Wildman–Crippen MR) is 171 cm³/mol. The fourth-order valence-corrected chi connectivity index (χ4v) is 11.4. The zero-order valence-electron chi connectivity index (χ0n) is 25.1. The molecule has 1 saturated heterocycles. The number of carbonyl (C=O) groups is 2. The lowest BCUT2D eigenvalue weighted by atomic mass is 9.78. The lowest BCUT2D eigenvalue weighted by Gasteiger charge is -2.49. The first kappa shape index (κ1) is 31.4. The summed E-state index contributed by atoms with van der Waals surface area (Å²) in [6, 6.07) is 16.7. The van der Waals surface area contributed by atoms with Crippen molar-refractivity contribution >= 4 is 59.2 Å². The molecule has 0 bridgehead atoms. The second-order valence-corrected chi connectivity index (χ2v) is 18.2. The van der Waals surface area contributed by atoms with Crippen LogP contribution in [0.25, 0.3) is 10.2 Å². The van der Waals surface area contributed by atoms with Gasteiger partial charge >= 0.3 is 5.97 Å². The number of nitro benzene ring substituents is 1. The minimum absolute atomic E-state index is 0.0331. The lowest BCUT2D eigenvalue weighted by molar-refractivity contribution is -0.384. The third-order valence-corrected chi connectivity index (χ3v) is 16.0. The second-order valence-electron chi connectivity index (χ2n) is 11.2. The number of aromatic nitrogens is 1. The number of hydrogen-bond acceptors (Lipinski definition) is 9. The number of non-ortho nitro benzene ring substituents is 1. The van der Waals surface area contributed by atoms with Crippen molar-refractivity contribution in [3.63, 3.8) is 0 Å². The second kappa shape index (κ2) is 12.9. The van der Waals surface area contributed by atoms with Crippen molar-refractivity contribution in [1.29, 1.82) is 0 Å². The van der Waals surface area contributed by atoms with Gasteiger partial charge in [-0.3, -0.25) is 14.9 Å². The van der Waals surface area contributed by atoms with Gasteiger partial charge in [0.15, 0.2) is 12.7 Å². The summed E-state index contributed by atoms with van der Waals surface area (Å²) < 4.78 is 14.5. The Morgan fingerprint density at radius 3 is 2.44 bits per heavy atom. The highest BCUT2D eigenvalue weighted by molar-refractivity contribution is 8.01. The number of nitrogens with zero attached hydrogens (tertiary/aromatic N) is 3. The zero-order valence-corrected chi connectivity index (χ0v) is 27.7. The topological polar surface area (TPSA) is 112 Å². The van der Waals surface area contributed by atoms with Crippen LogP contribution in [0.5, 0.6) is 0 Å². The van der Waals surface area contributed by atoms with Gasteiger partial charge in [-0.25, -0.2) is 9.78 Å². The standard InChI is InChI=1S/C31H37N3O6S2Si/c1-6-43(7-2,8-3)40-20(5)26-27-19(4)23(18-41-31-32-24-11-9-10-12-25(24)42-31)28(33(27)29(26)35)30(36)39-17-21-13-15-22(16-14-21)34(37)38/h9-16,19-20,26-27H,6-8,17-18H2,1-5H3/t19-,20+,26+,27+/m0/s1. The molecule has 228 valence electrons. The first-order chi connectivity index (χ1) is 20.6. The molecule has 0 spiro atoms. The first-order valence-corrected chi connectivity index (χ1v) is 19.1. The van der Waals surface area contributed by atoms with Crippen LogP contribution in [-0.4, -0.2) is 52.9 Å². The van der Waals surface area contributed by atoms with Crippen LogP contribution in [-0.2, 0) is 25.4 Å². The maximum atomic E-state index is 13.7. The van der Waals surface area contributed by atoms with Crippen LogP contribution in [0.15, 0.2) is 64.1 Å². The smallest absolute Gasteiger partial charge is 0.355 e. The summed E-state index contributed by atoms with van der Waals surface area (Å²) in [4.78, 5) is 44.3. The van der Waals surface area contributed by atoms with Crippen molar-refractivity contribution in [2.45, 2.75) is 75.8 Å². The van der Waals surface area contributed by atoms with Gasteiger partial charge in [-0.15, -0.1) is 11.3 Å². The zero-order chi connectivity index (χ0) is 30.9. The third kappa shape index (κ3) is 6.02. The average molecular weight is 640 g/mol. The Labute approximate surface area is 260 Å². The van der Waals surface area contributed by atoms with Crippen molar-refractivity contribution in [2.75, 3.05) is 5.75 Å². The number of carbonyl (C=O) groups excluding carboxylic acids is 2. The van der Waals surface area contributed by atoms with E-state index in [0.29, 0.717) is 17.0 Å². The number of amides is 1. The summed E-state index contributed by atoms with van der Waals surface area (Å²) in [5.41, 5.74) is 2.71. The summed E-state index contributed by atoms with van der Waals surface area (Å²) in [6.07, 6.45) is -0.239. The highest BCUT2D eigenvalue weighted by Crippen LogP contribution is 2.50. The Morgan fingerprint density at radius 1 is 1.14 bits per heavy atom. The quantitative estimate of drug-likeness (QED) is 0.0483. The molecule has 0 N–H and O–H groups in total. The highest BCUT2D eigenvalue weighted by Gasteiger charge is 2.60. The Bertz CT molecular complexity index is 1510. The number of fused-ring (bicyclic) bond motifs is 2. The Morgan fingerprint density at radius 2 is 1.81 bits per heavy atom. The Balaban J connectivity index is 1.39. The molecule has 1 fully saturated rings. The van der Waals surface area contributed by atoms with E-state index in [1.54, 1.807) is 40.1 Å². The summed E-state index contributed by atoms with van der Waals surface area (Å²) in [7, 11) is -1.94. The van der Waals surface area contributed by atoms with Crippen molar-refractivity contribution in [2.24, 2.45) is 11.8 Å². The number of thioether (sulfide) groups is 1. The molecule has 0 unspecified atom stereocenters. The summed E-state index contributed by atoms with van der Waals surface area (Å²) in [5, 5.41) is 11.0. The maximum absolute atomic E-state index is 13.7. The summed E-state index contributed by atoms with van der Waals surface area (Å²) in [6.45, 7) is 10.6. The molecule has 1 aromatic heterocycles. The van der Waals surface area contributed by atoms with Gasteiger partial charge in [0.1, 0.15) is 12.3 Å². The van der Waals surface area contributed by atoms with Gasteiger partial charge in [-0.2, -0.15) is 0 Å². The van der Waals surface area contributed by atoms with E-state index in [4.69, 9.17) is 14.1 Å². The molecule has 2 aliphatic rings. The number of nitro groups is 1. The number of benzene rings is 2. The van der Waals surface area contributed by atoms with Gasteiger partial charge in [-0.05, 0) is 60.5 Å². The van der Waals surface area contributed by atoms with Gasteiger partial charge in [0.05, 0.1) is 33.2 Å². The van der Waals surface area contributed by atoms with Crippen LogP contribution in [0.2, 0.25) is 18.1 Å². The third-order valence-electron chi connectivity index (χ3n) is 9.01. The minimum Gasteiger partial charge on any atom is -0.456 e. The van der Waals surface area contributed by atoms with Crippen molar-refractivity contribution in [3.8, 4) is 0 Å². The molecular formula is C31H37N3O6S2Si. The fourth-order valence-electron chi connectivity index (χ4n) is 6.26. The number of ether oxygens (including phenoxy) is 1. The van der Waals surface area contributed by atoms with Crippen molar-refractivity contribution in [3.05, 3.63) is 75.5 Å². The highest BCUT2D eigenvalue weighted by atomic mass is 32.2. The minimum atomic E-state index is -1.94. The maximum Gasteiger partial charge on any atom is 0.355 e. The largest absolute Gasteiger partial charge is 0.456 e. The van der Waals surface area contributed by atoms with E-state index >= 15 is 0 Å². The van der Waals surface area contributed by atoms with Gasteiger partial charge < -0.3 is 14.1 Å². The number of esters is 1. The molecule has 0 saturated carbocycles. The lowest BCUT2D eigenvalue weighted by Crippen LogP contribution is -2.65. The van der Waals surface area contributed by atoms with Crippen LogP contribution in [0.1, 0.15) is 40.2 Å². The number of para-hydroxylation sites is 1. The molecule has 1 amide bonds. The molecule has 2 aliphatic heterocycles. The average Bonchev–Trinajstić information content (AvgIpc) is 3.54. The SMILES string of the molecule is CC[Si](CC)(CC)O[C@H](C)[C@H]1C(=O)N2C(C(=O)OCc3ccc([N+](=O)[O-])cc3)=C(CSc3nc4ccccc4s3)[C@H](C)[C@H]12. The Hall–Kier alpha value is -3.06. The molecular weight excluding hydrogens is 603 g/mol. The number of hydrogen-bond donors (Lipinski definition) is 0. The van der Waals surface area contributed by atoms with Gasteiger partial charge in [0.2, 0.25) is 5.91 Å². The van der Waals surface area contributed by atoms with E-state index in [1.165, 1.54) is 12.1 Å². The van der Waals surface area contributed by atoms with E-state index in [-0.39, 0.29) is 42.2 Å². The van der Waals surface area contributed by atoms with Crippen LogP contribution >= 0.6 is 23.1 Å². The molecule has 43 heavy (non-hydrogen) atoms. The Kier molecular flexibility index (Phi) is 9.40. The van der Waals surface area contributed by atoms with Gasteiger partial charge in [0, 0.05) is 23.8 Å². The fraction of sp³-hybridized carbons (Fsp3) is 0.452. The van der Waals surface area contributed by atoms with E-state index in [2.05, 4.69) is 27.7 Å². The van der Waals surface area contributed by atoms with E-state index in [1.807, 2.05) is 31.2 Å². The molecule has 5 rings (SSSR count). The number of β-lactam (4-membered cyclic amide) rings is 1. The summed E-state index contributed by atoms with van der Waals surface area (Å²) in [5.74, 6) is -0.541. The van der Waals surface area contributed by atoms with Crippen LogP contribution in [0.3, 0.4) is 0 Å². The molecule has 12 heteroatoms. The summed E-state index contributed by atoms with van der Waals surface area (Å²) >= 11 is 3.17. The van der Waals surface area contributed by atoms with Crippen LogP contribution in [0.4, 0.5) is 5.69 Å². The van der Waals surface area contributed by atoms with Gasteiger partial charge in [0.25, 0.3) is 5.69 Å². The molecule has 3 aromatic rings. The van der Waals surface area contributed by atoms with E-state index in [0.717, 1.165) is 38.3 Å². The normalized spacial score (nSPS) is 20.7. The van der Waals surface area contributed by atoms with E-state index < -0.39 is 19.2 Å². The van der Waals surface area contributed by atoms with Crippen molar-refractivity contribution in [1.82, 2.24) is 9.88 Å². The predicted octanol–water partition coefficient (Wildman–Crippen LogP) is 7.18. The molecule has 4 atom stereocenters.